The molecule has 1 saturated heterocycles. The topological polar surface area (TPSA) is 159 Å². The molecule has 3 heterocycles. The molecule has 0 amide bonds. The van der Waals surface area contributed by atoms with Crippen LogP contribution in [0.3, 0.4) is 0 Å². The molecule has 0 bridgehead atoms. The predicted octanol–water partition coefficient (Wildman–Crippen LogP) is 3.21. The van der Waals surface area contributed by atoms with Gasteiger partial charge in [0, 0.05) is 7.05 Å². The fraction of sp³-hybridized carbons (Fsp3) is 0.500. The van der Waals surface area contributed by atoms with Crippen LogP contribution in [-0.2, 0) is 23.4 Å². The second kappa shape index (κ2) is 11.3. The SMILES string of the molecule is CCOC(=O)[C@@H](C)N[P@@](=O)(OC[C@@]1(F)O[C@@H](n2cnc3c(NC)nc(C)nc32)[C@](C)(F)[C@@H]1O)Oc1ccccc1. The van der Waals surface area contributed by atoms with Crippen LogP contribution in [0.5, 0.6) is 5.75 Å². The van der Waals surface area contributed by atoms with Gasteiger partial charge >= 0.3 is 13.7 Å². The van der Waals surface area contributed by atoms with Crippen LogP contribution in [0.2, 0.25) is 0 Å². The number of hydrogen-bond acceptors (Lipinski definition) is 11. The molecule has 4 rings (SSSR count). The highest BCUT2D eigenvalue weighted by Crippen LogP contribution is 2.52. The molecule has 13 nitrogen and oxygen atoms in total. The zero-order chi connectivity index (χ0) is 29.3. The number of aliphatic hydroxyl groups excluding tert-OH is 1. The first kappa shape index (κ1) is 29.7. The molecular weight excluding hydrogens is 553 g/mol. The number of fused-ring (bicyclic) bond motifs is 1. The van der Waals surface area contributed by atoms with Gasteiger partial charge in [0.05, 0.1) is 12.9 Å². The van der Waals surface area contributed by atoms with Gasteiger partial charge in [-0.2, -0.15) is 5.09 Å². The van der Waals surface area contributed by atoms with Gasteiger partial charge in [0.25, 0.3) is 5.85 Å². The summed E-state index contributed by atoms with van der Waals surface area (Å²) in [5.74, 6) is -3.21. The monoisotopic (exact) mass is 584 g/mol. The fourth-order valence-corrected chi connectivity index (χ4v) is 5.68. The number of halogens is 2. The van der Waals surface area contributed by atoms with Crippen molar-refractivity contribution in [3.05, 3.63) is 42.5 Å². The Hall–Kier alpha value is -3.23. The summed E-state index contributed by atoms with van der Waals surface area (Å²) in [6.45, 7) is 4.31. The number of carbonyl (C=O) groups excluding carboxylic acids is 1. The number of hydrogen-bond donors (Lipinski definition) is 3. The predicted molar refractivity (Wildman–Crippen MR) is 139 cm³/mol. The highest BCUT2D eigenvalue weighted by Gasteiger charge is 2.65. The van der Waals surface area contributed by atoms with E-state index in [0.29, 0.717) is 11.6 Å². The van der Waals surface area contributed by atoms with Gasteiger partial charge in [-0.1, -0.05) is 18.2 Å². The van der Waals surface area contributed by atoms with Crippen molar-refractivity contribution in [2.45, 2.75) is 57.6 Å². The Kier molecular flexibility index (Phi) is 8.43. The van der Waals surface area contributed by atoms with E-state index in [4.69, 9.17) is 18.5 Å². The number of ether oxygens (including phenoxy) is 2. The number of carbonyl (C=O) groups is 1. The summed E-state index contributed by atoms with van der Waals surface area (Å²) >= 11 is 0. The molecule has 218 valence electrons. The number of aliphatic hydroxyl groups is 1. The minimum absolute atomic E-state index is 0.0584. The normalized spacial score (nSPS) is 26.8. The van der Waals surface area contributed by atoms with Gasteiger partial charge in [0.15, 0.2) is 35.0 Å². The van der Waals surface area contributed by atoms with Gasteiger partial charge in [-0.15, -0.1) is 0 Å². The number of imidazole rings is 1. The third-order valence-electron chi connectivity index (χ3n) is 6.15. The minimum Gasteiger partial charge on any atom is -0.465 e. The molecule has 2 aromatic heterocycles. The zero-order valence-electron chi connectivity index (χ0n) is 22.5. The maximum Gasteiger partial charge on any atom is 0.459 e. The lowest BCUT2D eigenvalue weighted by Gasteiger charge is -2.28. The van der Waals surface area contributed by atoms with Crippen molar-refractivity contribution in [2.24, 2.45) is 0 Å². The average molecular weight is 585 g/mol. The Morgan fingerprint density at radius 3 is 2.65 bits per heavy atom. The van der Waals surface area contributed by atoms with Crippen molar-refractivity contribution >= 4 is 30.7 Å². The molecule has 0 radical (unpaired) electrons. The van der Waals surface area contributed by atoms with Gasteiger partial charge in [-0.3, -0.25) is 13.9 Å². The molecule has 1 aliphatic heterocycles. The Labute approximate surface area is 228 Å². The van der Waals surface area contributed by atoms with Crippen molar-refractivity contribution in [3.63, 3.8) is 0 Å². The lowest BCUT2D eigenvalue weighted by molar-refractivity contribution is -0.202. The summed E-state index contributed by atoms with van der Waals surface area (Å²) in [5, 5.41) is 16.0. The number of aromatic nitrogens is 4. The maximum absolute atomic E-state index is 16.1. The van der Waals surface area contributed by atoms with Crippen LogP contribution in [0.25, 0.3) is 11.2 Å². The van der Waals surface area contributed by atoms with Crippen LogP contribution in [0.1, 0.15) is 32.8 Å². The van der Waals surface area contributed by atoms with Crippen LogP contribution in [0, 0.1) is 6.92 Å². The molecule has 3 N–H and O–H groups in total. The lowest BCUT2D eigenvalue weighted by Crippen LogP contribution is -2.47. The molecular formula is C24H31F2N6O7P. The molecule has 0 saturated carbocycles. The van der Waals surface area contributed by atoms with E-state index in [2.05, 4.69) is 25.4 Å². The van der Waals surface area contributed by atoms with E-state index in [-0.39, 0.29) is 23.5 Å². The summed E-state index contributed by atoms with van der Waals surface area (Å²) in [7, 11) is -2.91. The number of nitrogens with one attached hydrogen (secondary N) is 2. The van der Waals surface area contributed by atoms with Crippen molar-refractivity contribution < 1.29 is 41.8 Å². The summed E-state index contributed by atoms with van der Waals surface area (Å²) in [5.41, 5.74) is -2.32. The highest BCUT2D eigenvalue weighted by atomic mass is 31.2. The minimum atomic E-state index is -4.53. The molecule has 0 spiro atoms. The first-order chi connectivity index (χ1) is 18.8. The van der Waals surface area contributed by atoms with Crippen LogP contribution in [-0.4, -0.2) is 74.5 Å². The smallest absolute Gasteiger partial charge is 0.459 e. The first-order valence-corrected chi connectivity index (χ1v) is 13.9. The third kappa shape index (κ3) is 5.79. The third-order valence-corrected chi connectivity index (χ3v) is 7.77. The van der Waals surface area contributed by atoms with Crippen molar-refractivity contribution in [1.82, 2.24) is 24.6 Å². The number of esters is 1. The summed E-state index contributed by atoms with van der Waals surface area (Å²) in [6.07, 6.45) is -2.96. The standard InChI is InChI=1S/C24H31F2N6O7P/c1-6-36-20(33)14(2)31-40(35,39-16-10-8-7-9-11-16)37-12-24(26)21(34)23(4,25)22(38-24)32-13-28-17-18(27-5)29-15(3)30-19(17)32/h7-11,13-14,21-22,34H,6,12H2,1-5H3,(H,31,35)(H,27,29,30)/t14-,21+,22-,23-,24-,40-/m1/s1. The highest BCUT2D eigenvalue weighted by molar-refractivity contribution is 7.52. The molecule has 1 fully saturated rings. The molecule has 1 aliphatic rings. The molecule has 40 heavy (non-hydrogen) atoms. The largest absolute Gasteiger partial charge is 0.465 e. The summed E-state index contributed by atoms with van der Waals surface area (Å²) < 4.78 is 68.0. The number of rotatable bonds is 11. The van der Waals surface area contributed by atoms with E-state index >= 15 is 8.78 Å². The molecule has 0 unspecified atom stereocenters. The molecule has 3 aromatic rings. The maximum atomic E-state index is 16.1. The van der Waals surface area contributed by atoms with Crippen molar-refractivity contribution in [1.29, 1.82) is 0 Å². The number of benzene rings is 1. The molecule has 16 heteroatoms. The second-order valence-corrected chi connectivity index (χ2v) is 11.0. The zero-order valence-corrected chi connectivity index (χ0v) is 23.4. The Bertz CT molecular complexity index is 1410. The van der Waals surface area contributed by atoms with Gasteiger partial charge < -0.3 is 24.4 Å². The van der Waals surface area contributed by atoms with Crippen LogP contribution in [0.4, 0.5) is 14.6 Å². The van der Waals surface area contributed by atoms with E-state index < -0.39 is 50.2 Å². The average Bonchev–Trinajstić information content (AvgIpc) is 3.40. The summed E-state index contributed by atoms with van der Waals surface area (Å²) in [4.78, 5) is 24.8. The number of anilines is 1. The quantitative estimate of drug-likeness (QED) is 0.224. The van der Waals surface area contributed by atoms with Gasteiger partial charge in [-0.25, -0.2) is 28.3 Å². The second-order valence-electron chi connectivity index (χ2n) is 9.28. The first-order valence-electron chi connectivity index (χ1n) is 12.4. The van der Waals surface area contributed by atoms with Gasteiger partial charge in [0.2, 0.25) is 0 Å². The number of alkyl halides is 2. The van der Waals surface area contributed by atoms with Crippen molar-refractivity contribution in [2.75, 3.05) is 25.6 Å². The van der Waals surface area contributed by atoms with Gasteiger partial charge in [-0.05, 0) is 39.8 Å². The lowest BCUT2D eigenvalue weighted by atomic mass is 9.97. The fourth-order valence-electron chi connectivity index (χ4n) is 4.17. The molecule has 0 aliphatic carbocycles. The van der Waals surface area contributed by atoms with Crippen LogP contribution >= 0.6 is 7.75 Å². The van der Waals surface area contributed by atoms with E-state index in [9.17, 15) is 14.5 Å². The van der Waals surface area contributed by atoms with E-state index in [0.717, 1.165) is 11.5 Å². The number of nitrogens with zero attached hydrogens (tertiary/aromatic N) is 4. The Morgan fingerprint density at radius 2 is 2.00 bits per heavy atom. The van der Waals surface area contributed by atoms with Crippen LogP contribution < -0.4 is 14.9 Å². The van der Waals surface area contributed by atoms with E-state index in [1.54, 1.807) is 39.1 Å². The van der Waals surface area contributed by atoms with Crippen LogP contribution in [0.15, 0.2) is 36.7 Å². The van der Waals surface area contributed by atoms with E-state index in [1.165, 1.54) is 25.4 Å². The van der Waals surface area contributed by atoms with Gasteiger partial charge in [0.1, 0.15) is 24.2 Å². The van der Waals surface area contributed by atoms with E-state index in [1.807, 2.05) is 0 Å². The molecule has 6 atom stereocenters. The number of aryl methyl sites for hydroxylation is 1. The number of para-hydroxylation sites is 1. The Morgan fingerprint density at radius 1 is 1.30 bits per heavy atom. The Balaban J connectivity index is 1.61. The summed E-state index contributed by atoms with van der Waals surface area (Å²) in [6, 6.07) is 6.59. The van der Waals surface area contributed by atoms with Crippen molar-refractivity contribution in [3.8, 4) is 5.75 Å². The molecule has 1 aromatic carbocycles.